The molecule has 0 bridgehead atoms. The summed E-state index contributed by atoms with van der Waals surface area (Å²) in [6.07, 6.45) is 4.04. The Labute approximate surface area is 130 Å². The molecule has 2 heterocycles. The van der Waals surface area contributed by atoms with Gasteiger partial charge in [-0.25, -0.2) is 0 Å². The predicted molar refractivity (Wildman–Crippen MR) is 88.3 cm³/mol. The molecule has 1 unspecified atom stereocenters. The summed E-state index contributed by atoms with van der Waals surface area (Å²) in [5.74, 6) is 3.79. The summed E-state index contributed by atoms with van der Waals surface area (Å²) in [4.78, 5) is 2.56. The predicted octanol–water partition coefficient (Wildman–Crippen LogP) is 3.96. The van der Waals surface area contributed by atoms with E-state index in [1.54, 1.807) is 0 Å². The largest absolute Gasteiger partial charge is 0.463 e. The minimum atomic E-state index is 0.680. The van der Waals surface area contributed by atoms with Crippen molar-refractivity contribution < 1.29 is 4.42 Å². The first-order valence-corrected chi connectivity index (χ1v) is 8.59. The van der Waals surface area contributed by atoms with Crippen molar-refractivity contribution in [2.45, 2.75) is 60.0 Å². The van der Waals surface area contributed by atoms with Crippen molar-refractivity contribution in [3.05, 3.63) is 23.2 Å². The molecule has 1 N–H and O–H groups in total. The molecule has 1 aliphatic rings. The summed E-state index contributed by atoms with van der Waals surface area (Å²) in [5.41, 5.74) is 1.28. The van der Waals surface area contributed by atoms with E-state index in [0.29, 0.717) is 5.92 Å². The monoisotopic (exact) mass is 292 g/mol. The van der Waals surface area contributed by atoms with Crippen molar-refractivity contribution in [2.24, 2.45) is 11.8 Å². The molecule has 2 rings (SSSR count). The van der Waals surface area contributed by atoms with Gasteiger partial charge in [0.25, 0.3) is 0 Å². The van der Waals surface area contributed by atoms with E-state index in [9.17, 15) is 0 Å². The van der Waals surface area contributed by atoms with E-state index in [2.05, 4.69) is 44.0 Å². The lowest BCUT2D eigenvalue weighted by Gasteiger charge is -2.31. The number of nitrogens with one attached hydrogen (secondary N) is 1. The fraction of sp³-hybridized carbons (Fsp3) is 0.778. The van der Waals surface area contributed by atoms with E-state index in [0.717, 1.165) is 37.1 Å². The number of nitrogens with zero attached hydrogens (tertiary/aromatic N) is 1. The molecule has 1 aliphatic heterocycles. The molecule has 1 aromatic heterocycles. The van der Waals surface area contributed by atoms with Gasteiger partial charge in [0.2, 0.25) is 0 Å². The first-order chi connectivity index (χ1) is 10.1. The van der Waals surface area contributed by atoms with Gasteiger partial charge in [-0.3, -0.25) is 4.90 Å². The molecule has 3 heteroatoms. The lowest BCUT2D eigenvalue weighted by Crippen LogP contribution is -2.34. The molecule has 0 aliphatic carbocycles. The highest BCUT2D eigenvalue weighted by Crippen LogP contribution is 2.22. The van der Waals surface area contributed by atoms with Gasteiger partial charge in [0, 0.05) is 6.54 Å². The normalized spacial score (nSPS) is 20.3. The van der Waals surface area contributed by atoms with Crippen molar-refractivity contribution in [1.82, 2.24) is 10.2 Å². The van der Waals surface area contributed by atoms with Crippen LogP contribution < -0.4 is 5.32 Å². The zero-order valence-electron chi connectivity index (χ0n) is 14.2. The third kappa shape index (κ3) is 5.15. The molecule has 0 aromatic carbocycles. The van der Waals surface area contributed by atoms with Crippen molar-refractivity contribution >= 4 is 0 Å². The van der Waals surface area contributed by atoms with E-state index in [4.69, 9.17) is 4.42 Å². The molecule has 0 amide bonds. The van der Waals surface area contributed by atoms with Crippen LogP contribution in [0, 0.1) is 18.8 Å². The minimum Gasteiger partial charge on any atom is -0.463 e. The fourth-order valence-corrected chi connectivity index (χ4v) is 3.17. The first kappa shape index (κ1) is 16.6. The summed E-state index contributed by atoms with van der Waals surface area (Å²) < 4.78 is 6.06. The molecule has 0 spiro atoms. The number of rotatable bonds is 7. The van der Waals surface area contributed by atoms with Crippen molar-refractivity contribution in [1.29, 1.82) is 0 Å². The van der Waals surface area contributed by atoms with Crippen LogP contribution in [0.25, 0.3) is 0 Å². The molecule has 0 saturated carbocycles. The molecular weight excluding hydrogens is 260 g/mol. The van der Waals surface area contributed by atoms with E-state index in [1.807, 2.05) is 0 Å². The second kappa shape index (κ2) is 8.00. The maximum Gasteiger partial charge on any atom is 0.120 e. The molecule has 21 heavy (non-hydrogen) atoms. The zero-order chi connectivity index (χ0) is 15.2. The Hall–Kier alpha value is -0.800. The van der Waals surface area contributed by atoms with E-state index in [-0.39, 0.29) is 0 Å². The summed E-state index contributed by atoms with van der Waals surface area (Å²) in [5, 5.41) is 3.47. The molecule has 1 fully saturated rings. The van der Waals surface area contributed by atoms with Gasteiger partial charge < -0.3 is 9.73 Å². The van der Waals surface area contributed by atoms with Crippen LogP contribution in [-0.2, 0) is 13.1 Å². The van der Waals surface area contributed by atoms with Gasteiger partial charge in [0.05, 0.1) is 13.1 Å². The van der Waals surface area contributed by atoms with Gasteiger partial charge in [-0.1, -0.05) is 27.2 Å². The van der Waals surface area contributed by atoms with E-state index < -0.39 is 0 Å². The second-order valence-corrected chi connectivity index (χ2v) is 7.00. The number of hydrogen-bond donors (Lipinski definition) is 1. The van der Waals surface area contributed by atoms with Crippen LogP contribution in [0.2, 0.25) is 0 Å². The summed E-state index contributed by atoms with van der Waals surface area (Å²) in [6.45, 7) is 14.2. The molecule has 3 nitrogen and oxygen atoms in total. The van der Waals surface area contributed by atoms with Crippen molar-refractivity contribution in [3.8, 4) is 0 Å². The van der Waals surface area contributed by atoms with Crippen LogP contribution in [0.5, 0.6) is 0 Å². The van der Waals surface area contributed by atoms with Crippen LogP contribution in [0.15, 0.2) is 10.5 Å². The lowest BCUT2D eigenvalue weighted by molar-refractivity contribution is 0.153. The van der Waals surface area contributed by atoms with E-state index in [1.165, 1.54) is 37.9 Å². The van der Waals surface area contributed by atoms with Gasteiger partial charge in [0.1, 0.15) is 11.5 Å². The van der Waals surface area contributed by atoms with Gasteiger partial charge >= 0.3 is 0 Å². The Balaban J connectivity index is 1.86. The highest BCUT2D eigenvalue weighted by Gasteiger charge is 2.20. The number of furan rings is 1. The Bertz CT molecular complexity index is 425. The highest BCUT2D eigenvalue weighted by atomic mass is 16.3. The number of piperidine rings is 1. The second-order valence-electron chi connectivity index (χ2n) is 7.00. The van der Waals surface area contributed by atoms with E-state index >= 15 is 0 Å². The van der Waals surface area contributed by atoms with Gasteiger partial charge in [0.15, 0.2) is 0 Å². The third-order valence-corrected chi connectivity index (χ3v) is 4.47. The van der Waals surface area contributed by atoms with Crippen molar-refractivity contribution in [3.63, 3.8) is 0 Å². The summed E-state index contributed by atoms with van der Waals surface area (Å²) in [7, 11) is 0. The molecule has 1 atom stereocenters. The standard InChI is InChI=1S/C18H32N2O/c1-5-16-7-6-8-20(12-16)13-17-9-15(4)18(21-17)11-19-10-14(2)3/h9,14,16,19H,5-8,10-13H2,1-4H3. The maximum atomic E-state index is 6.06. The molecule has 1 aromatic rings. The first-order valence-electron chi connectivity index (χ1n) is 8.59. The van der Waals surface area contributed by atoms with Crippen LogP contribution in [-0.4, -0.2) is 24.5 Å². The number of aryl methyl sites for hydroxylation is 1. The summed E-state index contributed by atoms with van der Waals surface area (Å²) >= 11 is 0. The lowest BCUT2D eigenvalue weighted by atomic mass is 9.96. The third-order valence-electron chi connectivity index (χ3n) is 4.47. The van der Waals surface area contributed by atoms with Crippen LogP contribution in [0.4, 0.5) is 0 Å². The van der Waals surface area contributed by atoms with Crippen molar-refractivity contribution in [2.75, 3.05) is 19.6 Å². The Morgan fingerprint density at radius 3 is 2.95 bits per heavy atom. The quantitative estimate of drug-likeness (QED) is 0.824. The molecule has 0 radical (unpaired) electrons. The topological polar surface area (TPSA) is 28.4 Å². The Morgan fingerprint density at radius 1 is 1.43 bits per heavy atom. The number of hydrogen-bond acceptors (Lipinski definition) is 3. The Morgan fingerprint density at radius 2 is 2.24 bits per heavy atom. The van der Waals surface area contributed by atoms with Gasteiger partial charge in [-0.05, 0) is 56.3 Å². The smallest absolute Gasteiger partial charge is 0.120 e. The SMILES string of the molecule is CCC1CCCN(Cc2cc(C)c(CNCC(C)C)o2)C1. The fourth-order valence-electron chi connectivity index (χ4n) is 3.17. The molecule has 1 saturated heterocycles. The van der Waals surface area contributed by atoms with Gasteiger partial charge in [-0.15, -0.1) is 0 Å². The molecular formula is C18H32N2O. The van der Waals surface area contributed by atoms with Gasteiger partial charge in [-0.2, -0.15) is 0 Å². The zero-order valence-corrected chi connectivity index (χ0v) is 14.2. The summed E-state index contributed by atoms with van der Waals surface area (Å²) in [6, 6.07) is 2.22. The maximum absolute atomic E-state index is 6.06. The van der Waals surface area contributed by atoms with Crippen LogP contribution in [0.1, 0.15) is 57.1 Å². The molecule has 120 valence electrons. The number of likely N-dealkylation sites (tertiary alicyclic amines) is 1. The highest BCUT2D eigenvalue weighted by molar-refractivity contribution is 5.20. The Kier molecular flexibility index (Phi) is 6.31. The average Bonchev–Trinajstić information content (AvgIpc) is 2.79. The van der Waals surface area contributed by atoms with Crippen LogP contribution >= 0.6 is 0 Å². The van der Waals surface area contributed by atoms with Crippen LogP contribution in [0.3, 0.4) is 0 Å². The minimum absolute atomic E-state index is 0.680. The average molecular weight is 292 g/mol.